The number of rotatable bonds is 16. The minimum Gasteiger partial charge on any atom is -0.396 e. The topological polar surface area (TPSA) is 20.2 Å². The fourth-order valence-corrected chi connectivity index (χ4v) is 4.80. The zero-order chi connectivity index (χ0) is 25.3. The van der Waals surface area contributed by atoms with Gasteiger partial charge in [0.1, 0.15) is 0 Å². The van der Waals surface area contributed by atoms with Crippen LogP contribution in [0.1, 0.15) is 119 Å². The fraction of sp³-hybridized carbons (Fsp3) is 0.636. The first-order valence-corrected chi connectivity index (χ1v) is 13.7. The van der Waals surface area contributed by atoms with Crippen molar-refractivity contribution in [1.29, 1.82) is 0 Å². The second-order valence-electron chi connectivity index (χ2n) is 11.2. The van der Waals surface area contributed by atoms with E-state index in [9.17, 15) is 5.11 Å². The molecule has 2 atom stereocenters. The van der Waals surface area contributed by atoms with Crippen LogP contribution < -0.4 is 0 Å². The van der Waals surface area contributed by atoms with E-state index in [-0.39, 0.29) is 0 Å². The van der Waals surface area contributed by atoms with Gasteiger partial charge in [-0.2, -0.15) is 0 Å². The molecule has 0 aliphatic heterocycles. The molecule has 1 rings (SSSR count). The van der Waals surface area contributed by atoms with Crippen LogP contribution in [-0.2, 0) is 0 Å². The van der Waals surface area contributed by atoms with E-state index in [4.69, 9.17) is 0 Å². The minimum absolute atomic E-state index is 0.323. The zero-order valence-electron chi connectivity index (χ0n) is 23.4. The zero-order valence-corrected chi connectivity index (χ0v) is 23.4. The molecule has 0 saturated heterocycles. The van der Waals surface area contributed by atoms with Crippen molar-refractivity contribution >= 4 is 0 Å². The summed E-state index contributed by atoms with van der Waals surface area (Å²) in [5.41, 5.74) is 8.75. The van der Waals surface area contributed by atoms with E-state index in [1.54, 1.807) is 5.57 Å². The molecule has 0 saturated carbocycles. The van der Waals surface area contributed by atoms with Crippen LogP contribution in [0, 0.1) is 11.8 Å². The van der Waals surface area contributed by atoms with Crippen LogP contribution in [0.15, 0.2) is 70.4 Å². The second-order valence-corrected chi connectivity index (χ2v) is 11.2. The van der Waals surface area contributed by atoms with Crippen molar-refractivity contribution in [2.24, 2.45) is 11.8 Å². The molecule has 0 aromatic heterocycles. The van der Waals surface area contributed by atoms with Crippen molar-refractivity contribution in [2.75, 3.05) is 6.61 Å². The van der Waals surface area contributed by atoms with E-state index in [2.05, 4.69) is 78.5 Å². The van der Waals surface area contributed by atoms with Crippen molar-refractivity contribution in [3.63, 3.8) is 0 Å². The van der Waals surface area contributed by atoms with Crippen molar-refractivity contribution in [2.45, 2.75) is 119 Å². The highest BCUT2D eigenvalue weighted by Gasteiger charge is 2.21. The van der Waals surface area contributed by atoms with Crippen LogP contribution in [-0.4, -0.2) is 11.7 Å². The number of aliphatic hydroxyl groups excluding tert-OH is 1. The van der Waals surface area contributed by atoms with Crippen LogP contribution in [0.25, 0.3) is 0 Å². The maximum absolute atomic E-state index is 9.85. The Kier molecular flexibility index (Phi) is 15.9. The predicted molar refractivity (Wildman–Crippen MR) is 153 cm³/mol. The Balaban J connectivity index is 2.44. The molecular weight excluding hydrogens is 412 g/mol. The molecule has 1 heteroatoms. The van der Waals surface area contributed by atoms with Crippen molar-refractivity contribution in [3.05, 3.63) is 70.4 Å². The Morgan fingerprint density at radius 2 is 1.38 bits per heavy atom. The Morgan fingerprint density at radius 1 is 0.824 bits per heavy atom. The van der Waals surface area contributed by atoms with E-state index in [1.807, 2.05) is 0 Å². The van der Waals surface area contributed by atoms with Crippen molar-refractivity contribution in [3.8, 4) is 0 Å². The van der Waals surface area contributed by atoms with Gasteiger partial charge in [0.25, 0.3) is 0 Å². The largest absolute Gasteiger partial charge is 0.396 e. The Hall–Kier alpha value is -1.60. The molecule has 192 valence electrons. The fourth-order valence-electron chi connectivity index (χ4n) is 4.80. The van der Waals surface area contributed by atoms with Gasteiger partial charge >= 0.3 is 0 Å². The van der Waals surface area contributed by atoms with Crippen LogP contribution in [0.3, 0.4) is 0 Å². The number of aliphatic hydroxyl groups is 1. The molecule has 0 spiro atoms. The Labute approximate surface area is 212 Å². The summed E-state index contributed by atoms with van der Waals surface area (Å²) in [4.78, 5) is 0. The molecular formula is C33H54O. The molecule has 1 aliphatic carbocycles. The molecule has 0 fully saturated rings. The van der Waals surface area contributed by atoms with Crippen LogP contribution in [0.4, 0.5) is 0 Å². The summed E-state index contributed by atoms with van der Waals surface area (Å²) >= 11 is 0. The molecule has 0 amide bonds. The molecule has 1 N–H and O–H groups in total. The van der Waals surface area contributed by atoms with Gasteiger partial charge in [0.2, 0.25) is 0 Å². The van der Waals surface area contributed by atoms with E-state index in [0.29, 0.717) is 18.4 Å². The first-order chi connectivity index (χ1) is 16.2. The van der Waals surface area contributed by atoms with Gasteiger partial charge in [-0.15, -0.1) is 0 Å². The molecule has 1 aliphatic rings. The standard InChI is InChI=1S/C33H54O/c1-26(2)12-8-14-28(5)16-10-17-30(7)20-21-32-22-31(23-33(24-32)25-34)19-11-18-29(6)15-9-13-27(3)4/h12-13,16,18,22,32-34H,7-11,14-15,17,19-21,23-25H2,1-6H3/b28-16+,29-18+/t32-,33-/m1/s1. The average Bonchev–Trinajstić information content (AvgIpc) is 2.77. The third-order valence-electron chi connectivity index (χ3n) is 6.92. The summed E-state index contributed by atoms with van der Waals surface area (Å²) in [5, 5.41) is 9.85. The summed E-state index contributed by atoms with van der Waals surface area (Å²) in [6.45, 7) is 17.9. The van der Waals surface area contributed by atoms with E-state index in [1.165, 1.54) is 47.1 Å². The lowest BCUT2D eigenvalue weighted by atomic mass is 9.79. The first kappa shape index (κ1) is 30.4. The molecule has 0 bridgehead atoms. The number of allylic oxidation sites excluding steroid dienone is 11. The number of hydrogen-bond donors (Lipinski definition) is 1. The summed E-state index contributed by atoms with van der Waals surface area (Å²) in [6.07, 6.45) is 25.6. The lowest BCUT2D eigenvalue weighted by molar-refractivity contribution is 0.197. The quantitative estimate of drug-likeness (QED) is 0.224. The van der Waals surface area contributed by atoms with Gasteiger partial charge in [0.15, 0.2) is 0 Å². The normalized spacial score (nSPS) is 19.0. The molecule has 34 heavy (non-hydrogen) atoms. The van der Waals surface area contributed by atoms with E-state index < -0.39 is 0 Å². The first-order valence-electron chi connectivity index (χ1n) is 13.7. The third-order valence-corrected chi connectivity index (χ3v) is 6.92. The van der Waals surface area contributed by atoms with Gasteiger partial charge in [-0.05, 0) is 130 Å². The maximum atomic E-state index is 9.85. The summed E-state index contributed by atoms with van der Waals surface area (Å²) in [5.74, 6) is 1.04. The summed E-state index contributed by atoms with van der Waals surface area (Å²) < 4.78 is 0. The maximum Gasteiger partial charge on any atom is 0.0462 e. The summed E-state index contributed by atoms with van der Waals surface area (Å²) in [7, 11) is 0. The Bertz CT molecular complexity index is 747. The predicted octanol–water partition coefficient (Wildman–Crippen LogP) is 10.2. The molecule has 0 unspecified atom stereocenters. The highest BCUT2D eigenvalue weighted by atomic mass is 16.3. The van der Waals surface area contributed by atoms with E-state index >= 15 is 0 Å². The average molecular weight is 467 g/mol. The highest BCUT2D eigenvalue weighted by Crippen LogP contribution is 2.34. The lowest BCUT2D eigenvalue weighted by Crippen LogP contribution is -2.18. The smallest absolute Gasteiger partial charge is 0.0462 e. The van der Waals surface area contributed by atoms with Crippen LogP contribution in [0.5, 0.6) is 0 Å². The van der Waals surface area contributed by atoms with Gasteiger partial charge in [-0.25, -0.2) is 0 Å². The number of hydrogen-bond acceptors (Lipinski definition) is 1. The monoisotopic (exact) mass is 466 g/mol. The molecule has 0 heterocycles. The van der Waals surface area contributed by atoms with Gasteiger partial charge in [0.05, 0.1) is 0 Å². The Morgan fingerprint density at radius 3 is 1.94 bits per heavy atom. The van der Waals surface area contributed by atoms with Gasteiger partial charge in [0, 0.05) is 6.61 Å². The van der Waals surface area contributed by atoms with Gasteiger partial charge in [-0.1, -0.05) is 70.4 Å². The summed E-state index contributed by atoms with van der Waals surface area (Å²) in [6, 6.07) is 0. The van der Waals surface area contributed by atoms with E-state index in [0.717, 1.165) is 57.8 Å². The van der Waals surface area contributed by atoms with Gasteiger partial charge < -0.3 is 5.11 Å². The molecule has 0 aromatic carbocycles. The molecule has 1 nitrogen and oxygen atoms in total. The molecule has 0 radical (unpaired) electrons. The second kappa shape index (κ2) is 17.8. The van der Waals surface area contributed by atoms with Crippen LogP contribution in [0.2, 0.25) is 0 Å². The third kappa shape index (κ3) is 15.3. The van der Waals surface area contributed by atoms with Crippen LogP contribution >= 0.6 is 0 Å². The molecule has 0 aromatic rings. The minimum atomic E-state index is 0.323. The van der Waals surface area contributed by atoms with Crippen molar-refractivity contribution < 1.29 is 5.11 Å². The van der Waals surface area contributed by atoms with Crippen molar-refractivity contribution in [1.82, 2.24) is 0 Å². The lowest BCUT2D eigenvalue weighted by Gasteiger charge is -2.28. The SMILES string of the molecule is C=C(CC/C=C(\C)CCC=C(C)C)CC[C@@H]1C=C(CC/C=C(\C)CCC=C(C)C)C[C@@H](CO)C1. The highest BCUT2D eigenvalue weighted by molar-refractivity contribution is 5.13. The van der Waals surface area contributed by atoms with Gasteiger partial charge in [-0.3, -0.25) is 0 Å².